The summed E-state index contributed by atoms with van der Waals surface area (Å²) < 4.78 is 12.6. The fourth-order valence-corrected chi connectivity index (χ4v) is 3.54. The van der Waals surface area contributed by atoms with Crippen molar-refractivity contribution >= 4 is 27.9 Å². The molecule has 1 rings (SSSR count). The first kappa shape index (κ1) is 10.6. The summed E-state index contributed by atoms with van der Waals surface area (Å²) in [6.45, 7) is 3.37. The molecule has 1 heterocycles. The van der Waals surface area contributed by atoms with Gasteiger partial charge in [-0.1, -0.05) is 6.07 Å². The summed E-state index contributed by atoms with van der Waals surface area (Å²) in [4.78, 5) is 10.8. The van der Waals surface area contributed by atoms with Gasteiger partial charge in [0.25, 0.3) is 0 Å². The van der Waals surface area contributed by atoms with Crippen molar-refractivity contribution in [2.75, 3.05) is 0 Å². The van der Waals surface area contributed by atoms with Crippen LogP contribution in [0.1, 0.15) is 20.3 Å². The van der Waals surface area contributed by atoms with Gasteiger partial charge in [0, 0.05) is 11.7 Å². The maximum atomic E-state index is 11.7. The molecule has 1 aromatic rings. The van der Waals surface area contributed by atoms with Crippen LogP contribution in [0.5, 0.6) is 0 Å². The second kappa shape index (κ2) is 4.67. The molecule has 2 unspecified atom stereocenters. The van der Waals surface area contributed by atoms with E-state index in [-0.39, 0.29) is 11.0 Å². The van der Waals surface area contributed by atoms with Crippen molar-refractivity contribution in [3.63, 3.8) is 0 Å². The SMILES string of the molecule is CC(=O)CC(C)S(=O)c1cccs1. The molecule has 0 aromatic carbocycles. The zero-order valence-corrected chi connectivity index (χ0v) is 9.28. The zero-order chi connectivity index (χ0) is 9.84. The summed E-state index contributed by atoms with van der Waals surface area (Å²) in [6.07, 6.45) is 0.393. The van der Waals surface area contributed by atoms with Gasteiger partial charge in [-0.3, -0.25) is 9.00 Å². The van der Waals surface area contributed by atoms with E-state index in [0.717, 1.165) is 4.21 Å². The molecule has 0 amide bonds. The summed E-state index contributed by atoms with van der Waals surface area (Å²) in [5, 5.41) is 1.82. The van der Waals surface area contributed by atoms with Gasteiger partial charge in [0.15, 0.2) is 0 Å². The van der Waals surface area contributed by atoms with Crippen LogP contribution in [0, 0.1) is 0 Å². The number of rotatable bonds is 4. The first-order valence-corrected chi connectivity index (χ1v) is 6.14. The summed E-state index contributed by atoms with van der Waals surface area (Å²) in [5.74, 6) is 0.0948. The Morgan fingerprint density at radius 1 is 1.69 bits per heavy atom. The third-order valence-corrected chi connectivity index (χ3v) is 4.51. The summed E-state index contributed by atoms with van der Waals surface area (Å²) in [7, 11) is -1.02. The van der Waals surface area contributed by atoms with Crippen LogP contribution in [0.15, 0.2) is 21.7 Å². The molecule has 0 saturated carbocycles. The van der Waals surface area contributed by atoms with Crippen LogP contribution in [-0.4, -0.2) is 15.2 Å². The van der Waals surface area contributed by atoms with Crippen LogP contribution < -0.4 is 0 Å². The number of hydrogen-bond acceptors (Lipinski definition) is 3. The van der Waals surface area contributed by atoms with Crippen molar-refractivity contribution < 1.29 is 9.00 Å². The van der Waals surface area contributed by atoms with Gasteiger partial charge < -0.3 is 0 Å². The van der Waals surface area contributed by atoms with Gasteiger partial charge in [0.1, 0.15) is 5.78 Å². The Morgan fingerprint density at radius 3 is 2.85 bits per heavy atom. The minimum absolute atomic E-state index is 0.0730. The fraction of sp³-hybridized carbons (Fsp3) is 0.444. The van der Waals surface area contributed by atoms with E-state index in [2.05, 4.69) is 0 Å². The Labute approximate surface area is 84.4 Å². The highest BCUT2D eigenvalue weighted by Gasteiger charge is 2.15. The highest BCUT2D eigenvalue weighted by Crippen LogP contribution is 2.18. The lowest BCUT2D eigenvalue weighted by atomic mass is 10.2. The van der Waals surface area contributed by atoms with Crippen molar-refractivity contribution in [1.29, 1.82) is 0 Å². The lowest BCUT2D eigenvalue weighted by Crippen LogP contribution is -2.13. The summed E-state index contributed by atoms with van der Waals surface area (Å²) in [5.41, 5.74) is 0. The highest BCUT2D eigenvalue weighted by molar-refractivity contribution is 7.87. The average Bonchev–Trinajstić information content (AvgIpc) is 2.53. The van der Waals surface area contributed by atoms with E-state index in [1.807, 2.05) is 24.4 Å². The molecule has 1 aromatic heterocycles. The number of ketones is 1. The molecular formula is C9H12O2S2. The van der Waals surface area contributed by atoms with Gasteiger partial charge in [0.05, 0.1) is 15.0 Å². The van der Waals surface area contributed by atoms with Gasteiger partial charge in [0.2, 0.25) is 0 Å². The minimum Gasteiger partial charge on any atom is -0.300 e. The molecule has 0 aliphatic heterocycles. The lowest BCUT2D eigenvalue weighted by Gasteiger charge is -2.06. The zero-order valence-electron chi connectivity index (χ0n) is 7.65. The quantitative estimate of drug-likeness (QED) is 0.773. The van der Waals surface area contributed by atoms with Crippen LogP contribution in [0.2, 0.25) is 0 Å². The van der Waals surface area contributed by atoms with E-state index in [0.29, 0.717) is 6.42 Å². The molecule has 0 aliphatic rings. The molecule has 2 atom stereocenters. The van der Waals surface area contributed by atoms with E-state index in [1.54, 1.807) is 0 Å². The van der Waals surface area contributed by atoms with Crippen LogP contribution in [0.3, 0.4) is 0 Å². The van der Waals surface area contributed by atoms with E-state index in [4.69, 9.17) is 0 Å². The Morgan fingerprint density at radius 2 is 2.38 bits per heavy atom. The molecule has 13 heavy (non-hydrogen) atoms. The van der Waals surface area contributed by atoms with Gasteiger partial charge in [-0.05, 0) is 25.3 Å². The average molecular weight is 216 g/mol. The fourth-order valence-electron chi connectivity index (χ4n) is 1.06. The van der Waals surface area contributed by atoms with Crippen LogP contribution in [-0.2, 0) is 15.6 Å². The number of carbonyl (C=O) groups is 1. The molecule has 0 N–H and O–H groups in total. The van der Waals surface area contributed by atoms with E-state index in [1.165, 1.54) is 18.3 Å². The molecule has 0 radical (unpaired) electrons. The van der Waals surface area contributed by atoms with Crippen LogP contribution in [0.4, 0.5) is 0 Å². The Hall–Kier alpha value is -0.480. The van der Waals surface area contributed by atoms with Gasteiger partial charge in [-0.2, -0.15) is 0 Å². The number of thiophene rings is 1. The normalized spacial score (nSPS) is 15.2. The first-order chi connectivity index (χ1) is 6.11. The molecular weight excluding hydrogens is 204 g/mol. The third kappa shape index (κ3) is 3.04. The predicted molar refractivity (Wildman–Crippen MR) is 55.5 cm³/mol. The summed E-state index contributed by atoms with van der Waals surface area (Å²) in [6, 6.07) is 3.72. The second-order valence-electron chi connectivity index (χ2n) is 2.95. The molecule has 4 heteroatoms. The Balaban J connectivity index is 2.63. The van der Waals surface area contributed by atoms with Crippen molar-refractivity contribution in [3.8, 4) is 0 Å². The second-order valence-corrected chi connectivity index (χ2v) is 5.99. The monoisotopic (exact) mass is 216 g/mol. The van der Waals surface area contributed by atoms with E-state index < -0.39 is 10.8 Å². The lowest BCUT2D eigenvalue weighted by molar-refractivity contribution is -0.116. The first-order valence-electron chi connectivity index (χ1n) is 4.04. The van der Waals surface area contributed by atoms with Crippen molar-refractivity contribution in [2.45, 2.75) is 29.7 Å². The Kier molecular flexibility index (Phi) is 3.81. The van der Waals surface area contributed by atoms with Crippen molar-refractivity contribution in [2.24, 2.45) is 0 Å². The summed E-state index contributed by atoms with van der Waals surface area (Å²) >= 11 is 1.47. The standard InChI is InChI=1S/C9H12O2S2/c1-7(10)6-8(2)13(11)9-4-3-5-12-9/h3-5,8H,6H2,1-2H3. The molecule has 0 fully saturated rings. The highest BCUT2D eigenvalue weighted by atomic mass is 32.2. The smallest absolute Gasteiger partial charge is 0.131 e. The van der Waals surface area contributed by atoms with Gasteiger partial charge >= 0.3 is 0 Å². The molecule has 2 nitrogen and oxygen atoms in total. The maximum absolute atomic E-state index is 11.7. The van der Waals surface area contributed by atoms with Crippen LogP contribution >= 0.6 is 11.3 Å². The Bertz CT molecular complexity index is 303. The van der Waals surface area contributed by atoms with E-state index in [9.17, 15) is 9.00 Å². The number of carbonyl (C=O) groups excluding carboxylic acids is 1. The van der Waals surface area contributed by atoms with Crippen molar-refractivity contribution in [3.05, 3.63) is 17.5 Å². The predicted octanol–water partition coefficient (Wildman–Crippen LogP) is 2.22. The molecule has 0 saturated heterocycles. The minimum atomic E-state index is -1.02. The van der Waals surface area contributed by atoms with Crippen molar-refractivity contribution in [1.82, 2.24) is 0 Å². The molecule has 0 spiro atoms. The third-order valence-electron chi connectivity index (χ3n) is 1.63. The van der Waals surface area contributed by atoms with Crippen LogP contribution in [0.25, 0.3) is 0 Å². The largest absolute Gasteiger partial charge is 0.300 e. The topological polar surface area (TPSA) is 34.1 Å². The number of hydrogen-bond donors (Lipinski definition) is 0. The maximum Gasteiger partial charge on any atom is 0.131 e. The molecule has 0 aliphatic carbocycles. The van der Waals surface area contributed by atoms with E-state index >= 15 is 0 Å². The van der Waals surface area contributed by atoms with Gasteiger partial charge in [-0.15, -0.1) is 11.3 Å². The molecule has 72 valence electrons. The molecule has 0 bridgehead atoms. The van der Waals surface area contributed by atoms with Gasteiger partial charge in [-0.25, -0.2) is 0 Å². The number of Topliss-reactive ketones (excluding diaryl/α,β-unsaturated/α-hetero) is 1.